The number of hydrogen-bond donors (Lipinski definition) is 3. The van der Waals surface area contributed by atoms with Crippen LogP contribution in [0.3, 0.4) is 0 Å². The molecule has 33 heavy (non-hydrogen) atoms. The SMILES string of the molecule is CCC(CC)C(=O)Nc1c(C)c(NC(=O)C(CC)CC)c(C)c(NC(=O)C(CC)CC)c1C. The van der Waals surface area contributed by atoms with Crippen molar-refractivity contribution in [3.63, 3.8) is 0 Å². The van der Waals surface area contributed by atoms with Gasteiger partial charge in [-0.05, 0) is 76.0 Å². The minimum absolute atomic E-state index is 0.0374. The first-order valence-electron chi connectivity index (χ1n) is 12.7. The van der Waals surface area contributed by atoms with Gasteiger partial charge in [0.25, 0.3) is 0 Å². The summed E-state index contributed by atoms with van der Waals surface area (Å²) in [5.74, 6) is -0.375. The van der Waals surface area contributed by atoms with Crippen LogP contribution in [0, 0.1) is 38.5 Å². The predicted octanol–water partition coefficient (Wildman–Crippen LogP) is 6.74. The molecule has 1 aromatic carbocycles. The third kappa shape index (κ3) is 6.81. The number of anilines is 3. The lowest BCUT2D eigenvalue weighted by molar-refractivity contribution is -0.120. The van der Waals surface area contributed by atoms with Crippen LogP contribution in [0.2, 0.25) is 0 Å². The summed E-state index contributed by atoms with van der Waals surface area (Å²) in [5.41, 5.74) is 4.42. The topological polar surface area (TPSA) is 87.3 Å². The summed E-state index contributed by atoms with van der Waals surface area (Å²) < 4.78 is 0. The Labute approximate surface area is 200 Å². The van der Waals surface area contributed by atoms with Crippen molar-refractivity contribution >= 4 is 34.8 Å². The van der Waals surface area contributed by atoms with Gasteiger partial charge in [0.2, 0.25) is 17.7 Å². The zero-order chi connectivity index (χ0) is 25.3. The van der Waals surface area contributed by atoms with Gasteiger partial charge in [-0.1, -0.05) is 41.5 Å². The highest BCUT2D eigenvalue weighted by Crippen LogP contribution is 2.39. The fourth-order valence-electron chi connectivity index (χ4n) is 4.44. The molecule has 6 nitrogen and oxygen atoms in total. The van der Waals surface area contributed by atoms with E-state index in [1.165, 1.54) is 0 Å². The molecule has 0 radical (unpaired) electrons. The van der Waals surface area contributed by atoms with Gasteiger partial charge in [0.1, 0.15) is 0 Å². The Morgan fingerprint density at radius 1 is 0.485 bits per heavy atom. The highest BCUT2D eigenvalue weighted by atomic mass is 16.2. The molecule has 0 bridgehead atoms. The lowest BCUT2D eigenvalue weighted by Gasteiger charge is -2.26. The molecule has 0 aliphatic rings. The third-order valence-electron chi connectivity index (χ3n) is 7.06. The highest BCUT2D eigenvalue weighted by Gasteiger charge is 2.25. The maximum atomic E-state index is 12.9. The van der Waals surface area contributed by atoms with Crippen LogP contribution in [0.25, 0.3) is 0 Å². The molecule has 3 N–H and O–H groups in total. The average Bonchev–Trinajstić information content (AvgIpc) is 2.79. The summed E-state index contributed by atoms with van der Waals surface area (Å²) in [5, 5.41) is 9.32. The second-order valence-electron chi connectivity index (χ2n) is 9.01. The number of carbonyl (C=O) groups is 3. The van der Waals surface area contributed by atoms with Gasteiger partial charge in [-0.15, -0.1) is 0 Å². The van der Waals surface area contributed by atoms with E-state index in [1.54, 1.807) is 0 Å². The molecule has 0 spiro atoms. The number of hydrogen-bond acceptors (Lipinski definition) is 3. The van der Waals surface area contributed by atoms with Gasteiger partial charge in [0.15, 0.2) is 0 Å². The summed E-state index contributed by atoms with van der Waals surface area (Å²) in [6.07, 6.45) is 4.52. The van der Waals surface area contributed by atoms with E-state index < -0.39 is 0 Å². The Hall–Kier alpha value is -2.37. The van der Waals surface area contributed by atoms with Crippen LogP contribution in [0.15, 0.2) is 0 Å². The van der Waals surface area contributed by atoms with Crippen LogP contribution >= 0.6 is 0 Å². The molecular formula is C27H45N3O3. The van der Waals surface area contributed by atoms with E-state index in [4.69, 9.17) is 0 Å². The molecule has 3 amide bonds. The van der Waals surface area contributed by atoms with Gasteiger partial charge < -0.3 is 16.0 Å². The van der Waals surface area contributed by atoms with Crippen LogP contribution in [0.1, 0.15) is 96.8 Å². The lowest BCUT2D eigenvalue weighted by Crippen LogP contribution is -2.27. The normalized spacial score (nSPS) is 11.3. The minimum atomic E-state index is -0.0877. The number of benzene rings is 1. The lowest BCUT2D eigenvalue weighted by atomic mass is 9.95. The van der Waals surface area contributed by atoms with E-state index in [9.17, 15) is 14.4 Å². The predicted molar refractivity (Wildman–Crippen MR) is 139 cm³/mol. The van der Waals surface area contributed by atoms with E-state index in [0.717, 1.165) is 55.2 Å². The minimum Gasteiger partial charge on any atom is -0.325 e. The van der Waals surface area contributed by atoms with Gasteiger partial charge in [-0.2, -0.15) is 0 Å². The van der Waals surface area contributed by atoms with Crippen molar-refractivity contribution in [1.29, 1.82) is 0 Å². The van der Waals surface area contributed by atoms with Crippen molar-refractivity contribution < 1.29 is 14.4 Å². The molecule has 0 heterocycles. The fourth-order valence-corrected chi connectivity index (χ4v) is 4.44. The molecule has 0 atom stereocenters. The highest BCUT2D eigenvalue weighted by molar-refractivity contribution is 6.03. The largest absolute Gasteiger partial charge is 0.325 e. The Morgan fingerprint density at radius 2 is 0.667 bits per heavy atom. The Kier molecular flexibility index (Phi) is 11.6. The second kappa shape index (κ2) is 13.4. The quantitative estimate of drug-likeness (QED) is 0.323. The number of amides is 3. The van der Waals surface area contributed by atoms with Crippen LogP contribution in [-0.4, -0.2) is 17.7 Å². The first-order chi connectivity index (χ1) is 15.6. The summed E-state index contributed by atoms with van der Waals surface area (Å²) >= 11 is 0. The third-order valence-corrected chi connectivity index (χ3v) is 7.06. The maximum Gasteiger partial charge on any atom is 0.227 e. The average molecular weight is 460 g/mol. The van der Waals surface area contributed by atoms with Gasteiger partial charge in [0.05, 0.1) is 17.1 Å². The monoisotopic (exact) mass is 459 g/mol. The summed E-state index contributed by atoms with van der Waals surface area (Å²) in [6, 6.07) is 0. The Morgan fingerprint density at radius 3 is 0.818 bits per heavy atom. The summed E-state index contributed by atoms with van der Waals surface area (Å²) in [7, 11) is 0. The first kappa shape index (κ1) is 28.7. The van der Waals surface area contributed by atoms with E-state index in [-0.39, 0.29) is 35.5 Å². The Bertz CT molecular complexity index is 705. The van der Waals surface area contributed by atoms with Gasteiger partial charge in [-0.25, -0.2) is 0 Å². The molecule has 0 saturated heterocycles. The van der Waals surface area contributed by atoms with E-state index in [1.807, 2.05) is 62.3 Å². The van der Waals surface area contributed by atoms with Crippen molar-refractivity contribution in [2.75, 3.05) is 16.0 Å². The van der Waals surface area contributed by atoms with Crippen molar-refractivity contribution in [2.24, 2.45) is 17.8 Å². The molecule has 6 heteroatoms. The smallest absolute Gasteiger partial charge is 0.227 e. The summed E-state index contributed by atoms with van der Waals surface area (Å²) in [4.78, 5) is 38.8. The first-order valence-corrected chi connectivity index (χ1v) is 12.7. The molecule has 0 aliphatic heterocycles. The van der Waals surface area contributed by atoms with E-state index in [2.05, 4.69) is 16.0 Å². The van der Waals surface area contributed by atoms with Crippen LogP contribution in [0.5, 0.6) is 0 Å². The van der Waals surface area contributed by atoms with Crippen molar-refractivity contribution in [3.8, 4) is 0 Å². The summed E-state index contributed by atoms with van der Waals surface area (Å²) in [6.45, 7) is 17.8. The molecule has 0 aliphatic carbocycles. The molecule has 0 saturated carbocycles. The van der Waals surface area contributed by atoms with Crippen molar-refractivity contribution in [1.82, 2.24) is 0 Å². The van der Waals surface area contributed by atoms with Crippen LogP contribution in [-0.2, 0) is 14.4 Å². The van der Waals surface area contributed by atoms with Crippen molar-refractivity contribution in [3.05, 3.63) is 16.7 Å². The second-order valence-corrected chi connectivity index (χ2v) is 9.01. The molecule has 0 fully saturated rings. The molecule has 1 rings (SSSR count). The zero-order valence-electron chi connectivity index (χ0n) is 22.2. The standard InChI is InChI=1S/C27H45N3O3/c1-10-19(11-2)25(31)28-22-16(7)23(29-26(32)20(12-3)13-4)18(9)24(17(22)8)30-27(33)21(14-5)15-6/h19-21H,10-15H2,1-9H3,(H,28,31)(H,29,32)(H,30,33). The molecule has 0 aromatic heterocycles. The molecular weight excluding hydrogens is 414 g/mol. The van der Waals surface area contributed by atoms with Crippen LogP contribution < -0.4 is 16.0 Å². The maximum absolute atomic E-state index is 12.9. The van der Waals surface area contributed by atoms with Crippen LogP contribution in [0.4, 0.5) is 17.1 Å². The Balaban J connectivity index is 3.61. The molecule has 186 valence electrons. The number of rotatable bonds is 12. The van der Waals surface area contributed by atoms with E-state index in [0.29, 0.717) is 17.1 Å². The number of carbonyl (C=O) groups excluding carboxylic acids is 3. The zero-order valence-corrected chi connectivity index (χ0v) is 22.2. The van der Waals surface area contributed by atoms with E-state index >= 15 is 0 Å². The number of nitrogens with one attached hydrogen (secondary N) is 3. The molecule has 1 aromatic rings. The van der Waals surface area contributed by atoms with Gasteiger partial charge in [0, 0.05) is 17.8 Å². The fraction of sp³-hybridized carbons (Fsp3) is 0.667. The van der Waals surface area contributed by atoms with Crippen molar-refractivity contribution in [2.45, 2.75) is 101 Å². The van der Waals surface area contributed by atoms with Gasteiger partial charge >= 0.3 is 0 Å². The van der Waals surface area contributed by atoms with Gasteiger partial charge in [-0.3, -0.25) is 14.4 Å². The molecule has 0 unspecified atom stereocenters.